The number of hydrogen-bond acceptors (Lipinski definition) is 4. The van der Waals surface area contributed by atoms with E-state index in [0.717, 1.165) is 11.8 Å². The Morgan fingerprint density at radius 3 is 2.80 bits per heavy atom. The molecule has 1 aromatic heterocycles. The van der Waals surface area contributed by atoms with Gasteiger partial charge < -0.3 is 5.11 Å². The quantitative estimate of drug-likeness (QED) is 0.791. The van der Waals surface area contributed by atoms with Crippen LogP contribution in [0.2, 0.25) is 0 Å². The Morgan fingerprint density at radius 2 is 2.27 bits per heavy atom. The van der Waals surface area contributed by atoms with Gasteiger partial charge in [0.05, 0.1) is 5.03 Å². The maximum absolute atomic E-state index is 10.9. The van der Waals surface area contributed by atoms with E-state index in [9.17, 15) is 4.79 Å². The minimum atomic E-state index is -0.943. The summed E-state index contributed by atoms with van der Waals surface area (Å²) in [5.41, 5.74) is 0.293. The van der Waals surface area contributed by atoms with E-state index in [0.29, 0.717) is 10.7 Å². The molecule has 0 aromatic carbocycles. The van der Waals surface area contributed by atoms with Gasteiger partial charge in [0.1, 0.15) is 16.5 Å². The molecule has 0 aliphatic carbocycles. The summed E-state index contributed by atoms with van der Waals surface area (Å²) in [6.45, 7) is 3.20. The molecule has 78 valence electrons. The highest BCUT2D eigenvalue weighted by Gasteiger charge is 2.29. The first-order chi connectivity index (χ1) is 6.95. The average molecular weight is 222 g/mol. The Bertz CT molecular complexity index is 424. The molecule has 0 aliphatic rings. The van der Waals surface area contributed by atoms with Gasteiger partial charge in [-0.15, -0.1) is 0 Å². The van der Waals surface area contributed by atoms with Crippen LogP contribution in [0.5, 0.6) is 0 Å². The molecule has 0 unspecified atom stereocenters. The van der Waals surface area contributed by atoms with E-state index in [-0.39, 0.29) is 0 Å². The number of nitriles is 1. The van der Waals surface area contributed by atoms with Gasteiger partial charge in [0.25, 0.3) is 0 Å². The average Bonchev–Trinajstić information content (AvgIpc) is 2.17. The summed E-state index contributed by atoms with van der Waals surface area (Å²) in [6, 6.07) is 6.87. The van der Waals surface area contributed by atoms with E-state index in [1.165, 1.54) is 0 Å². The van der Waals surface area contributed by atoms with Gasteiger partial charge in [0, 0.05) is 0 Å². The van der Waals surface area contributed by atoms with Crippen LogP contribution >= 0.6 is 11.8 Å². The Labute approximate surface area is 91.9 Å². The topological polar surface area (TPSA) is 74.0 Å². The number of aliphatic carboxylic acids is 1. The van der Waals surface area contributed by atoms with Crippen LogP contribution in [-0.4, -0.2) is 20.8 Å². The van der Waals surface area contributed by atoms with Crippen LogP contribution in [0.4, 0.5) is 0 Å². The van der Waals surface area contributed by atoms with Gasteiger partial charge in [0.2, 0.25) is 0 Å². The number of aromatic nitrogens is 1. The largest absolute Gasteiger partial charge is 0.480 e. The molecule has 15 heavy (non-hydrogen) atoms. The first-order valence-electron chi connectivity index (χ1n) is 4.25. The highest BCUT2D eigenvalue weighted by molar-refractivity contribution is 8.01. The molecule has 0 fully saturated rings. The van der Waals surface area contributed by atoms with Gasteiger partial charge in [-0.25, -0.2) is 4.98 Å². The van der Waals surface area contributed by atoms with Gasteiger partial charge >= 0.3 is 5.97 Å². The maximum Gasteiger partial charge on any atom is 0.319 e. The molecule has 0 atom stereocenters. The lowest BCUT2D eigenvalue weighted by molar-refractivity contribution is -0.138. The van der Waals surface area contributed by atoms with Crippen molar-refractivity contribution in [2.75, 3.05) is 0 Å². The molecule has 1 rings (SSSR count). The molecule has 1 heterocycles. The van der Waals surface area contributed by atoms with Crippen LogP contribution in [-0.2, 0) is 4.79 Å². The van der Waals surface area contributed by atoms with Crippen molar-refractivity contribution >= 4 is 17.7 Å². The highest BCUT2D eigenvalue weighted by Crippen LogP contribution is 2.31. The fourth-order valence-corrected chi connectivity index (χ4v) is 1.74. The van der Waals surface area contributed by atoms with Gasteiger partial charge in [-0.3, -0.25) is 4.79 Å². The van der Waals surface area contributed by atoms with Crippen molar-refractivity contribution in [1.82, 2.24) is 4.98 Å². The van der Waals surface area contributed by atoms with Crippen molar-refractivity contribution in [3.8, 4) is 6.07 Å². The Balaban J connectivity index is 2.91. The normalized spacial score (nSPS) is 10.7. The lowest BCUT2D eigenvalue weighted by Gasteiger charge is -2.17. The van der Waals surface area contributed by atoms with E-state index in [1.54, 1.807) is 32.0 Å². The first kappa shape index (κ1) is 11.5. The van der Waals surface area contributed by atoms with Crippen LogP contribution in [0.15, 0.2) is 23.2 Å². The summed E-state index contributed by atoms with van der Waals surface area (Å²) in [7, 11) is 0. The van der Waals surface area contributed by atoms with E-state index in [1.807, 2.05) is 6.07 Å². The molecule has 4 nitrogen and oxygen atoms in total. The number of carboxylic acids is 1. The number of carbonyl (C=O) groups is 1. The minimum absolute atomic E-state index is 0.293. The second-order valence-corrected chi connectivity index (χ2v) is 5.03. The predicted octanol–water partition coefficient (Wildman–Crippen LogP) is 1.91. The predicted molar refractivity (Wildman–Crippen MR) is 56.5 cm³/mol. The van der Waals surface area contributed by atoms with Crippen LogP contribution < -0.4 is 0 Å². The number of nitrogens with zero attached hydrogens (tertiary/aromatic N) is 2. The summed E-state index contributed by atoms with van der Waals surface area (Å²) in [5, 5.41) is 18.1. The highest BCUT2D eigenvalue weighted by atomic mass is 32.2. The molecular formula is C10H10N2O2S. The van der Waals surface area contributed by atoms with Crippen molar-refractivity contribution in [3.63, 3.8) is 0 Å². The molecule has 1 aromatic rings. The molecule has 0 radical (unpaired) electrons. The lowest BCUT2D eigenvalue weighted by atomic mass is 10.2. The number of rotatable bonds is 3. The Kier molecular flexibility index (Phi) is 3.32. The molecule has 0 amide bonds. The molecule has 0 bridgehead atoms. The van der Waals surface area contributed by atoms with E-state index >= 15 is 0 Å². The van der Waals surface area contributed by atoms with Crippen LogP contribution in [0.1, 0.15) is 19.5 Å². The smallest absolute Gasteiger partial charge is 0.319 e. The van der Waals surface area contributed by atoms with Gasteiger partial charge in [-0.05, 0) is 26.0 Å². The second kappa shape index (κ2) is 4.32. The molecule has 0 aliphatic heterocycles. The number of thioether (sulfide) groups is 1. The fraction of sp³-hybridized carbons (Fsp3) is 0.300. The fourth-order valence-electron chi connectivity index (χ4n) is 0.839. The third-order valence-electron chi connectivity index (χ3n) is 1.71. The Hall–Kier alpha value is -1.54. The van der Waals surface area contributed by atoms with Gasteiger partial charge in [-0.1, -0.05) is 17.8 Å². The summed E-state index contributed by atoms with van der Waals surface area (Å²) < 4.78 is -0.943. The second-order valence-electron chi connectivity index (χ2n) is 3.39. The maximum atomic E-state index is 10.9. The molecule has 5 heteroatoms. The molecule has 0 spiro atoms. The van der Waals surface area contributed by atoms with Gasteiger partial charge in [0.15, 0.2) is 0 Å². The van der Waals surface area contributed by atoms with Gasteiger partial charge in [-0.2, -0.15) is 5.26 Å². The van der Waals surface area contributed by atoms with Crippen molar-refractivity contribution in [2.45, 2.75) is 23.6 Å². The van der Waals surface area contributed by atoms with Crippen molar-refractivity contribution in [3.05, 3.63) is 23.9 Å². The number of carboxylic acid groups (broad SMARTS) is 1. The van der Waals surface area contributed by atoms with E-state index < -0.39 is 10.7 Å². The van der Waals surface area contributed by atoms with Crippen LogP contribution in [0.25, 0.3) is 0 Å². The minimum Gasteiger partial charge on any atom is -0.480 e. The molecule has 0 saturated heterocycles. The van der Waals surface area contributed by atoms with Crippen molar-refractivity contribution in [1.29, 1.82) is 5.26 Å². The van der Waals surface area contributed by atoms with E-state index in [2.05, 4.69) is 4.98 Å². The van der Waals surface area contributed by atoms with Crippen molar-refractivity contribution in [2.24, 2.45) is 0 Å². The monoisotopic (exact) mass is 222 g/mol. The first-order valence-corrected chi connectivity index (χ1v) is 5.07. The summed E-state index contributed by atoms with van der Waals surface area (Å²) >= 11 is 1.12. The van der Waals surface area contributed by atoms with E-state index in [4.69, 9.17) is 10.4 Å². The standard InChI is InChI=1S/C10H10N2O2S/c1-10(2,9(13)14)15-8-5-3-4-7(6-11)12-8/h3-5H,1-2H3,(H,13,14). The number of hydrogen-bond donors (Lipinski definition) is 1. The number of pyridine rings is 1. The summed E-state index contributed by atoms with van der Waals surface area (Å²) in [6.07, 6.45) is 0. The third kappa shape index (κ3) is 2.96. The molecular weight excluding hydrogens is 212 g/mol. The zero-order chi connectivity index (χ0) is 11.5. The molecule has 1 N–H and O–H groups in total. The molecule has 0 saturated carbocycles. The van der Waals surface area contributed by atoms with Crippen LogP contribution in [0, 0.1) is 11.3 Å². The third-order valence-corrected chi connectivity index (χ3v) is 2.83. The Morgan fingerprint density at radius 1 is 1.60 bits per heavy atom. The zero-order valence-corrected chi connectivity index (χ0v) is 9.21. The van der Waals surface area contributed by atoms with Crippen molar-refractivity contribution < 1.29 is 9.90 Å². The summed E-state index contributed by atoms with van der Waals surface area (Å²) in [4.78, 5) is 14.9. The zero-order valence-electron chi connectivity index (χ0n) is 8.39. The SMILES string of the molecule is CC(C)(Sc1cccc(C#N)n1)C(=O)O. The van der Waals surface area contributed by atoms with Crippen LogP contribution in [0.3, 0.4) is 0 Å². The lowest BCUT2D eigenvalue weighted by Crippen LogP contribution is -2.27. The summed E-state index contributed by atoms with van der Waals surface area (Å²) in [5.74, 6) is -0.906.